The lowest BCUT2D eigenvalue weighted by atomic mass is 10.2. The van der Waals surface area contributed by atoms with Gasteiger partial charge < -0.3 is 15.4 Å². The lowest BCUT2D eigenvalue weighted by Crippen LogP contribution is -2.11. The minimum absolute atomic E-state index is 0.168. The Labute approximate surface area is 134 Å². The first-order valence-electron chi connectivity index (χ1n) is 7.25. The van der Waals surface area contributed by atoms with Crippen molar-refractivity contribution < 1.29 is 5.11 Å². The molecule has 0 radical (unpaired) electrons. The maximum atomic E-state index is 9.81. The fourth-order valence-corrected chi connectivity index (χ4v) is 2.14. The molecule has 3 rings (SSSR count). The van der Waals surface area contributed by atoms with E-state index in [1.54, 1.807) is 18.5 Å². The lowest BCUT2D eigenvalue weighted by Gasteiger charge is -2.05. The second kappa shape index (κ2) is 6.16. The van der Waals surface area contributed by atoms with E-state index >= 15 is 0 Å². The van der Waals surface area contributed by atoms with E-state index in [9.17, 15) is 5.11 Å². The molecule has 0 unspecified atom stereocenters. The van der Waals surface area contributed by atoms with Crippen molar-refractivity contribution in [2.24, 2.45) is 15.7 Å². The molecular weight excluding hydrogens is 290 g/mol. The zero-order valence-electron chi connectivity index (χ0n) is 12.6. The van der Waals surface area contributed by atoms with Gasteiger partial charge in [0.2, 0.25) is 0 Å². The highest BCUT2D eigenvalue weighted by Gasteiger charge is 2.38. The molecule has 3 N–H and O–H groups in total. The second-order valence-corrected chi connectivity index (χ2v) is 5.29. The number of allylic oxidation sites excluding steroid dienone is 1. The van der Waals surface area contributed by atoms with E-state index in [0.29, 0.717) is 11.5 Å². The lowest BCUT2D eigenvalue weighted by molar-refractivity contribution is 0.212. The van der Waals surface area contributed by atoms with Gasteiger partial charge in [-0.1, -0.05) is 5.92 Å². The molecule has 1 fully saturated rings. The quantitative estimate of drug-likeness (QED) is 0.509. The Balaban J connectivity index is 2.03. The summed E-state index contributed by atoms with van der Waals surface area (Å²) in [5.74, 6) is 6.45. The Morgan fingerprint density at radius 1 is 1.57 bits per heavy atom. The van der Waals surface area contributed by atoms with Gasteiger partial charge in [0, 0.05) is 24.0 Å². The highest BCUT2D eigenvalue weighted by atomic mass is 16.3. The van der Waals surface area contributed by atoms with Gasteiger partial charge in [-0.25, -0.2) is 4.98 Å². The number of aliphatic hydroxyl groups is 1. The van der Waals surface area contributed by atoms with Crippen molar-refractivity contribution in [2.45, 2.75) is 18.4 Å². The average molecular weight is 307 g/mol. The van der Waals surface area contributed by atoms with Crippen LogP contribution in [0.3, 0.4) is 0 Å². The molecule has 1 aliphatic carbocycles. The van der Waals surface area contributed by atoms with Crippen molar-refractivity contribution >= 4 is 23.5 Å². The highest BCUT2D eigenvalue weighted by molar-refractivity contribution is 6.01. The highest BCUT2D eigenvalue weighted by Crippen LogP contribution is 2.33. The number of aromatic nitrogens is 2. The molecule has 0 spiro atoms. The molecule has 0 amide bonds. The molecule has 0 saturated heterocycles. The summed E-state index contributed by atoms with van der Waals surface area (Å²) in [6.45, 7) is 3.59. The van der Waals surface area contributed by atoms with Gasteiger partial charge in [-0.3, -0.25) is 9.98 Å². The van der Waals surface area contributed by atoms with Crippen molar-refractivity contribution in [3.8, 4) is 11.8 Å². The Kier molecular flexibility index (Phi) is 4.06. The Bertz CT molecular complexity index is 862. The molecular formula is C17H17N5O. The predicted molar refractivity (Wildman–Crippen MR) is 91.4 cm³/mol. The van der Waals surface area contributed by atoms with Crippen molar-refractivity contribution in [1.29, 1.82) is 0 Å². The summed E-state index contributed by atoms with van der Waals surface area (Å²) in [6.07, 6.45) is 8.39. The molecule has 0 aromatic carbocycles. The average Bonchev–Trinajstić information content (AvgIpc) is 3.15. The third-order valence-corrected chi connectivity index (χ3v) is 3.55. The molecule has 1 aliphatic rings. The van der Waals surface area contributed by atoms with Crippen LogP contribution in [0, 0.1) is 11.8 Å². The first-order chi connectivity index (χ1) is 11.1. The Hall–Kier alpha value is -2.75. The van der Waals surface area contributed by atoms with Crippen LogP contribution in [0.4, 0.5) is 0 Å². The standard InChI is InChI=1S/C17H17N5O/c1-19-8-3-16(21-12-18)22-9-4-13-11-20-14(10-15(13)22)2-5-17(23)6-7-17/h3-4,8-11,23H,1,6-7,12,18H2. The summed E-state index contributed by atoms with van der Waals surface area (Å²) < 4.78 is 1.89. The van der Waals surface area contributed by atoms with Gasteiger partial charge in [0.1, 0.15) is 17.1 Å². The number of fused-ring (bicyclic) bond motifs is 1. The largest absolute Gasteiger partial charge is 0.378 e. The molecule has 6 heteroatoms. The molecule has 0 aliphatic heterocycles. The summed E-state index contributed by atoms with van der Waals surface area (Å²) in [5, 5.41) is 10.8. The SMILES string of the molecule is C=NC=CC(=NCN)n1ccc2cnc(C#CC3(O)CC3)cc21. The van der Waals surface area contributed by atoms with Crippen LogP contribution in [0.5, 0.6) is 0 Å². The number of nitrogens with two attached hydrogens (primary N) is 1. The van der Waals surface area contributed by atoms with Crippen LogP contribution in [0.1, 0.15) is 18.5 Å². The smallest absolute Gasteiger partial charge is 0.135 e. The van der Waals surface area contributed by atoms with Gasteiger partial charge in [0.25, 0.3) is 0 Å². The number of pyridine rings is 1. The van der Waals surface area contributed by atoms with Crippen molar-refractivity contribution in [3.05, 3.63) is 42.5 Å². The second-order valence-electron chi connectivity index (χ2n) is 5.29. The molecule has 23 heavy (non-hydrogen) atoms. The molecule has 0 bridgehead atoms. The van der Waals surface area contributed by atoms with E-state index in [1.165, 1.54) is 0 Å². The first-order valence-corrected chi connectivity index (χ1v) is 7.25. The molecule has 6 nitrogen and oxygen atoms in total. The van der Waals surface area contributed by atoms with Crippen LogP contribution >= 0.6 is 0 Å². The maximum Gasteiger partial charge on any atom is 0.135 e. The number of hydrogen-bond donors (Lipinski definition) is 2. The fourth-order valence-electron chi connectivity index (χ4n) is 2.14. The normalized spacial score (nSPS) is 16.3. The van der Waals surface area contributed by atoms with Crippen LogP contribution in [-0.2, 0) is 0 Å². The van der Waals surface area contributed by atoms with E-state index in [4.69, 9.17) is 5.73 Å². The zero-order valence-corrected chi connectivity index (χ0v) is 12.6. The summed E-state index contributed by atoms with van der Waals surface area (Å²) in [7, 11) is 0. The van der Waals surface area contributed by atoms with Crippen LogP contribution < -0.4 is 5.73 Å². The number of aliphatic imine (C=N–C) groups is 2. The predicted octanol–water partition coefficient (Wildman–Crippen LogP) is 1.29. The molecule has 0 atom stereocenters. The minimum Gasteiger partial charge on any atom is -0.378 e. The molecule has 2 aromatic heterocycles. The fraction of sp³-hybridized carbons (Fsp3) is 0.235. The molecule has 1 saturated carbocycles. The van der Waals surface area contributed by atoms with Crippen LogP contribution in [0.25, 0.3) is 10.9 Å². The van der Waals surface area contributed by atoms with Gasteiger partial charge >= 0.3 is 0 Å². The minimum atomic E-state index is -0.816. The number of hydrogen-bond acceptors (Lipinski definition) is 5. The van der Waals surface area contributed by atoms with Gasteiger partial charge in [-0.05, 0) is 43.7 Å². The Morgan fingerprint density at radius 3 is 3.09 bits per heavy atom. The number of rotatable bonds is 3. The van der Waals surface area contributed by atoms with Crippen molar-refractivity contribution in [3.63, 3.8) is 0 Å². The summed E-state index contributed by atoms with van der Waals surface area (Å²) >= 11 is 0. The van der Waals surface area contributed by atoms with E-state index in [2.05, 4.69) is 33.5 Å². The summed E-state index contributed by atoms with van der Waals surface area (Å²) in [4.78, 5) is 12.3. The Morgan fingerprint density at radius 2 is 2.39 bits per heavy atom. The van der Waals surface area contributed by atoms with Crippen LogP contribution in [-0.4, -0.2) is 39.5 Å². The van der Waals surface area contributed by atoms with Gasteiger partial charge in [0.15, 0.2) is 0 Å². The van der Waals surface area contributed by atoms with E-state index in [0.717, 1.165) is 23.7 Å². The zero-order chi connectivity index (χ0) is 16.3. The molecule has 116 valence electrons. The third-order valence-electron chi connectivity index (χ3n) is 3.55. The monoisotopic (exact) mass is 307 g/mol. The van der Waals surface area contributed by atoms with Gasteiger partial charge in [-0.15, -0.1) is 0 Å². The molecule has 2 heterocycles. The molecule has 2 aromatic rings. The summed E-state index contributed by atoms with van der Waals surface area (Å²) in [5.41, 5.74) is 6.24. The third kappa shape index (κ3) is 3.37. The van der Waals surface area contributed by atoms with Crippen molar-refractivity contribution in [1.82, 2.24) is 9.55 Å². The van der Waals surface area contributed by atoms with Crippen molar-refractivity contribution in [2.75, 3.05) is 6.67 Å². The van der Waals surface area contributed by atoms with Crippen LogP contribution in [0.15, 0.2) is 46.8 Å². The maximum absolute atomic E-state index is 9.81. The van der Waals surface area contributed by atoms with Gasteiger partial charge in [-0.2, -0.15) is 0 Å². The van der Waals surface area contributed by atoms with E-state index < -0.39 is 5.60 Å². The van der Waals surface area contributed by atoms with Crippen LogP contribution in [0.2, 0.25) is 0 Å². The number of nitrogens with zero attached hydrogens (tertiary/aromatic N) is 4. The van der Waals surface area contributed by atoms with E-state index in [-0.39, 0.29) is 6.67 Å². The first kappa shape index (κ1) is 15.2. The summed E-state index contributed by atoms with van der Waals surface area (Å²) in [6, 6.07) is 3.81. The van der Waals surface area contributed by atoms with Gasteiger partial charge in [0.05, 0.1) is 12.2 Å². The van der Waals surface area contributed by atoms with E-state index in [1.807, 2.05) is 22.9 Å². The topological polar surface area (TPSA) is 88.8 Å².